The highest BCUT2D eigenvalue weighted by molar-refractivity contribution is 5.05. The van der Waals surface area contributed by atoms with Gasteiger partial charge in [0.15, 0.2) is 0 Å². The van der Waals surface area contributed by atoms with Crippen molar-refractivity contribution in [1.29, 1.82) is 0 Å². The summed E-state index contributed by atoms with van der Waals surface area (Å²) >= 11 is 0. The average molecular weight is 610 g/mol. The molecule has 6 heterocycles. The van der Waals surface area contributed by atoms with Crippen molar-refractivity contribution in [1.82, 2.24) is 24.9 Å². The van der Waals surface area contributed by atoms with Gasteiger partial charge < -0.3 is 29.2 Å². The van der Waals surface area contributed by atoms with E-state index in [1.165, 1.54) is 65.4 Å². The maximum Gasteiger partial charge on any atom is 0.0600 e. The lowest BCUT2D eigenvalue weighted by Crippen LogP contribution is -2.71. The normalized spacial score (nSPS) is 26.1. The van der Waals surface area contributed by atoms with Gasteiger partial charge in [0.05, 0.1) is 49.8 Å². The molecule has 0 aromatic heterocycles. The molecule has 0 aromatic rings. The Morgan fingerprint density at radius 3 is 1.14 bits per heavy atom. The van der Waals surface area contributed by atoms with E-state index in [2.05, 4.69) is 94.3 Å². The molecule has 0 aliphatic carbocycles. The lowest BCUT2D eigenvalue weighted by Gasteiger charge is -2.59. The van der Waals surface area contributed by atoms with E-state index >= 15 is 0 Å². The zero-order chi connectivity index (χ0) is 31.6. The minimum absolute atomic E-state index is 0.00212. The third-order valence-corrected chi connectivity index (χ3v) is 9.21. The van der Waals surface area contributed by atoms with Crippen molar-refractivity contribution in [3.8, 4) is 0 Å². The third kappa shape index (κ3) is 11.1. The first-order chi connectivity index (χ1) is 19.9. The number of likely N-dealkylation sites (tertiary alicyclic amines) is 4. The van der Waals surface area contributed by atoms with Gasteiger partial charge in [0.25, 0.3) is 0 Å². The van der Waals surface area contributed by atoms with Crippen molar-refractivity contribution in [2.75, 3.05) is 125 Å². The largest absolute Gasteiger partial charge is 0.380 e. The molecule has 6 aliphatic rings. The maximum atomic E-state index is 5.72. The Hall–Kier alpha value is -0.360. The first kappa shape index (κ1) is 35.5. The van der Waals surface area contributed by atoms with Crippen LogP contribution in [0, 0.1) is 16.2 Å². The van der Waals surface area contributed by atoms with E-state index in [4.69, 9.17) is 18.9 Å². The van der Waals surface area contributed by atoms with E-state index < -0.39 is 0 Å². The van der Waals surface area contributed by atoms with Crippen molar-refractivity contribution in [3.05, 3.63) is 0 Å². The molecule has 6 fully saturated rings. The molecule has 0 atom stereocenters. The van der Waals surface area contributed by atoms with Gasteiger partial charge in [-0.05, 0) is 69.4 Å². The van der Waals surface area contributed by atoms with E-state index in [-0.39, 0.29) is 16.8 Å². The summed E-state index contributed by atoms with van der Waals surface area (Å²) in [5, 5.41) is 3.35. The summed E-state index contributed by atoms with van der Waals surface area (Å²) in [6.45, 7) is 39.4. The molecular formula is C34H67N5O4. The van der Waals surface area contributed by atoms with Crippen LogP contribution in [0.2, 0.25) is 0 Å². The van der Waals surface area contributed by atoms with Crippen LogP contribution in [0.1, 0.15) is 62.3 Å². The average Bonchev–Trinajstić information content (AvgIpc) is 2.70. The molecule has 0 radical (unpaired) electrons. The molecule has 0 amide bonds. The Balaban J connectivity index is 0.000000148. The molecule has 9 heteroatoms. The summed E-state index contributed by atoms with van der Waals surface area (Å²) in [5.74, 6) is 0. The van der Waals surface area contributed by atoms with Gasteiger partial charge in [0, 0.05) is 101 Å². The number of hydrogen-bond acceptors (Lipinski definition) is 9. The fourth-order valence-corrected chi connectivity index (χ4v) is 7.20. The van der Waals surface area contributed by atoms with Crippen LogP contribution < -0.4 is 5.32 Å². The van der Waals surface area contributed by atoms with E-state index in [0.717, 1.165) is 52.7 Å². The van der Waals surface area contributed by atoms with E-state index in [1.54, 1.807) is 0 Å². The number of rotatable bonds is 9. The topological polar surface area (TPSA) is 61.9 Å². The molecular weight excluding hydrogens is 542 g/mol. The van der Waals surface area contributed by atoms with E-state index in [9.17, 15) is 0 Å². The first-order valence-corrected chi connectivity index (χ1v) is 16.9. The molecule has 0 bridgehead atoms. The lowest BCUT2D eigenvalue weighted by atomic mass is 9.73. The standard InChI is InChI=1S/C12H24N2O.C11H22N2O.C11H21NO2/c1-11(2,3)15-6-5-14-9-12(10-14)7-13(4)8-12;1-10(2,3)14-5-4-13-8-11(9-13)6-12-7-11;1-10(2,3)14-5-4-12-6-11(7-12)8-13-9-11/h5-10H2,1-4H3;12H,4-9H2,1-3H3;4-9H2,1-3H3. The number of nitrogens with one attached hydrogen (secondary N) is 1. The van der Waals surface area contributed by atoms with E-state index in [1.807, 2.05) is 0 Å². The maximum absolute atomic E-state index is 5.72. The highest BCUT2D eigenvalue weighted by Gasteiger charge is 2.50. The highest BCUT2D eigenvalue weighted by atomic mass is 16.5. The van der Waals surface area contributed by atoms with Gasteiger partial charge in [0.2, 0.25) is 0 Å². The van der Waals surface area contributed by atoms with Gasteiger partial charge in [-0.2, -0.15) is 0 Å². The van der Waals surface area contributed by atoms with Crippen LogP contribution >= 0.6 is 0 Å². The minimum Gasteiger partial charge on any atom is -0.380 e. The zero-order valence-electron chi connectivity index (χ0n) is 29.6. The summed E-state index contributed by atoms with van der Waals surface area (Å²) < 4.78 is 22.3. The Kier molecular flexibility index (Phi) is 11.4. The van der Waals surface area contributed by atoms with Gasteiger partial charge in [-0.3, -0.25) is 14.7 Å². The number of hydrogen-bond donors (Lipinski definition) is 1. The smallest absolute Gasteiger partial charge is 0.0600 e. The molecule has 1 N–H and O–H groups in total. The van der Waals surface area contributed by atoms with Crippen molar-refractivity contribution in [2.24, 2.45) is 16.2 Å². The van der Waals surface area contributed by atoms with Crippen LogP contribution in [0.5, 0.6) is 0 Å². The zero-order valence-corrected chi connectivity index (χ0v) is 29.6. The molecule has 3 spiro atoms. The molecule has 0 aromatic carbocycles. The van der Waals surface area contributed by atoms with Crippen LogP contribution in [0.15, 0.2) is 0 Å². The van der Waals surface area contributed by atoms with Crippen molar-refractivity contribution in [2.45, 2.75) is 79.1 Å². The van der Waals surface area contributed by atoms with E-state index in [0.29, 0.717) is 16.2 Å². The summed E-state index contributed by atoms with van der Waals surface area (Å²) in [4.78, 5) is 9.86. The molecule has 43 heavy (non-hydrogen) atoms. The second-order valence-corrected chi connectivity index (χ2v) is 17.8. The molecule has 0 saturated carbocycles. The van der Waals surface area contributed by atoms with Crippen LogP contribution in [0.4, 0.5) is 0 Å². The highest BCUT2D eigenvalue weighted by Crippen LogP contribution is 2.38. The molecule has 252 valence electrons. The van der Waals surface area contributed by atoms with Crippen molar-refractivity contribution < 1.29 is 18.9 Å². The van der Waals surface area contributed by atoms with Crippen LogP contribution in [0.25, 0.3) is 0 Å². The third-order valence-electron chi connectivity index (χ3n) is 9.21. The van der Waals surface area contributed by atoms with Crippen LogP contribution in [-0.4, -0.2) is 162 Å². The Bertz CT molecular complexity index is 795. The minimum atomic E-state index is 0.00212. The van der Waals surface area contributed by atoms with Gasteiger partial charge in [0.1, 0.15) is 0 Å². The SMILES string of the molecule is CC(C)(C)OCCN1CC2(CNC2)C1.CC(C)(C)OCCN1CC2(COC2)C1.CN1CC2(C1)CN(CCOC(C)(C)C)C2. The summed E-state index contributed by atoms with van der Waals surface area (Å²) in [5.41, 5.74) is 1.89. The Labute approximate surface area is 264 Å². The second kappa shape index (κ2) is 13.8. The summed E-state index contributed by atoms with van der Waals surface area (Å²) in [6, 6.07) is 0. The monoisotopic (exact) mass is 610 g/mol. The number of nitrogens with zero attached hydrogens (tertiary/aromatic N) is 4. The van der Waals surface area contributed by atoms with Gasteiger partial charge >= 0.3 is 0 Å². The molecule has 0 unspecified atom stereocenters. The Morgan fingerprint density at radius 1 is 0.535 bits per heavy atom. The van der Waals surface area contributed by atoms with Gasteiger partial charge in [-0.25, -0.2) is 0 Å². The Morgan fingerprint density at radius 2 is 0.884 bits per heavy atom. The first-order valence-electron chi connectivity index (χ1n) is 16.9. The van der Waals surface area contributed by atoms with Gasteiger partial charge in [-0.1, -0.05) is 0 Å². The summed E-state index contributed by atoms with van der Waals surface area (Å²) in [6.07, 6.45) is 0. The fourth-order valence-electron chi connectivity index (χ4n) is 7.20. The summed E-state index contributed by atoms with van der Waals surface area (Å²) in [7, 11) is 2.20. The fraction of sp³-hybridized carbons (Fsp3) is 1.00. The predicted octanol–water partition coefficient (Wildman–Crippen LogP) is 2.89. The molecule has 9 nitrogen and oxygen atoms in total. The van der Waals surface area contributed by atoms with Crippen molar-refractivity contribution in [3.63, 3.8) is 0 Å². The second-order valence-electron chi connectivity index (χ2n) is 17.8. The number of ether oxygens (including phenoxy) is 4. The lowest BCUT2D eigenvalue weighted by molar-refractivity contribution is -0.192. The van der Waals surface area contributed by atoms with Crippen LogP contribution in [-0.2, 0) is 18.9 Å². The van der Waals surface area contributed by atoms with Gasteiger partial charge in [-0.15, -0.1) is 0 Å². The molecule has 6 aliphatic heterocycles. The van der Waals surface area contributed by atoms with Crippen LogP contribution in [0.3, 0.4) is 0 Å². The predicted molar refractivity (Wildman–Crippen MR) is 175 cm³/mol. The molecule has 6 rings (SSSR count). The van der Waals surface area contributed by atoms with Crippen molar-refractivity contribution >= 4 is 0 Å². The molecule has 6 saturated heterocycles. The quantitative estimate of drug-likeness (QED) is 0.425.